The monoisotopic (exact) mass is 406 g/mol. The highest BCUT2D eigenvalue weighted by molar-refractivity contribution is 6.11. The lowest BCUT2D eigenvalue weighted by atomic mass is 9.93. The van der Waals surface area contributed by atoms with Crippen LogP contribution in [0.2, 0.25) is 0 Å². The molecule has 1 saturated carbocycles. The first-order chi connectivity index (χ1) is 14.5. The number of carbonyl (C=O) groups is 1. The van der Waals surface area contributed by atoms with Gasteiger partial charge < -0.3 is 19.3 Å². The van der Waals surface area contributed by atoms with Crippen LogP contribution in [0.5, 0.6) is 11.5 Å². The zero-order valence-electron chi connectivity index (χ0n) is 17.3. The van der Waals surface area contributed by atoms with Gasteiger partial charge in [-0.25, -0.2) is 0 Å². The van der Waals surface area contributed by atoms with Gasteiger partial charge in [0.15, 0.2) is 0 Å². The molecule has 0 unspecified atom stereocenters. The van der Waals surface area contributed by atoms with E-state index in [1.165, 1.54) is 11.7 Å². The van der Waals surface area contributed by atoms with Crippen LogP contribution in [0.15, 0.2) is 53.3 Å². The lowest BCUT2D eigenvalue weighted by Crippen LogP contribution is -2.44. The highest BCUT2D eigenvalue weighted by atomic mass is 16.5. The standard InChI is InChI=1S/C24H26N2O4/c1-25-18-14-9-15-19(30-2)20(18)22(27)21(23(25)28)24(29)26(16-10-5-3-6-11-16)17-12-7-4-8-13-17/h3,5-6,9-11,14-15,17,27H,4,7-8,12-13H2,1-2H3. The number of amides is 1. The van der Waals surface area contributed by atoms with Crippen molar-refractivity contribution in [2.24, 2.45) is 7.05 Å². The van der Waals surface area contributed by atoms with E-state index in [1.807, 2.05) is 30.3 Å². The molecule has 1 heterocycles. The number of anilines is 1. The van der Waals surface area contributed by atoms with E-state index in [4.69, 9.17) is 4.74 Å². The van der Waals surface area contributed by atoms with Crippen molar-refractivity contribution in [3.8, 4) is 11.5 Å². The van der Waals surface area contributed by atoms with E-state index in [-0.39, 0.29) is 17.4 Å². The van der Waals surface area contributed by atoms with Gasteiger partial charge in [0.2, 0.25) is 0 Å². The molecule has 1 fully saturated rings. The molecule has 0 bridgehead atoms. The highest BCUT2D eigenvalue weighted by Crippen LogP contribution is 2.36. The second kappa shape index (κ2) is 8.22. The SMILES string of the molecule is COc1cccc2c1c(O)c(C(=O)N(c1ccccc1)C1CCCCC1)c(=O)n2C. The topological polar surface area (TPSA) is 71.8 Å². The minimum absolute atomic E-state index is 0.00822. The van der Waals surface area contributed by atoms with E-state index in [2.05, 4.69) is 0 Å². The first-order valence-electron chi connectivity index (χ1n) is 10.3. The molecule has 0 spiro atoms. The van der Waals surface area contributed by atoms with Crippen molar-refractivity contribution >= 4 is 22.5 Å². The molecular weight excluding hydrogens is 380 g/mol. The molecule has 4 rings (SSSR count). The second-order valence-corrected chi connectivity index (χ2v) is 7.74. The molecule has 1 N–H and O–H groups in total. The number of aromatic nitrogens is 1. The molecule has 2 aromatic carbocycles. The second-order valence-electron chi connectivity index (χ2n) is 7.74. The summed E-state index contributed by atoms with van der Waals surface area (Å²) in [5, 5.41) is 11.5. The lowest BCUT2D eigenvalue weighted by Gasteiger charge is -2.34. The third-order valence-electron chi connectivity index (χ3n) is 5.98. The number of para-hydroxylation sites is 1. The fraction of sp³-hybridized carbons (Fsp3) is 0.333. The number of rotatable bonds is 4. The number of fused-ring (bicyclic) bond motifs is 1. The maximum atomic E-state index is 13.8. The van der Waals surface area contributed by atoms with E-state index in [1.54, 1.807) is 30.1 Å². The van der Waals surface area contributed by atoms with Gasteiger partial charge in [0.25, 0.3) is 11.5 Å². The average Bonchev–Trinajstić information content (AvgIpc) is 2.79. The maximum absolute atomic E-state index is 13.8. The smallest absolute Gasteiger partial charge is 0.267 e. The third-order valence-corrected chi connectivity index (χ3v) is 5.98. The van der Waals surface area contributed by atoms with Crippen molar-refractivity contribution in [1.29, 1.82) is 0 Å². The van der Waals surface area contributed by atoms with Crippen LogP contribution in [-0.4, -0.2) is 28.7 Å². The van der Waals surface area contributed by atoms with E-state index in [0.29, 0.717) is 16.7 Å². The summed E-state index contributed by atoms with van der Waals surface area (Å²) in [4.78, 5) is 28.7. The van der Waals surface area contributed by atoms with Gasteiger partial charge in [0.1, 0.15) is 17.1 Å². The summed E-state index contributed by atoms with van der Waals surface area (Å²) < 4.78 is 6.80. The summed E-state index contributed by atoms with van der Waals surface area (Å²) in [6.07, 6.45) is 4.97. The summed E-state index contributed by atoms with van der Waals surface area (Å²) >= 11 is 0. The van der Waals surface area contributed by atoms with Crippen LogP contribution in [0.25, 0.3) is 10.9 Å². The zero-order chi connectivity index (χ0) is 21.3. The largest absolute Gasteiger partial charge is 0.506 e. The van der Waals surface area contributed by atoms with Crippen LogP contribution in [0, 0.1) is 0 Å². The van der Waals surface area contributed by atoms with Crippen LogP contribution in [0.3, 0.4) is 0 Å². The Labute approximate surface area is 175 Å². The van der Waals surface area contributed by atoms with Gasteiger partial charge in [-0.1, -0.05) is 43.5 Å². The molecule has 1 aliphatic carbocycles. The van der Waals surface area contributed by atoms with Gasteiger partial charge >= 0.3 is 0 Å². The van der Waals surface area contributed by atoms with Crippen LogP contribution in [-0.2, 0) is 7.05 Å². The Bertz CT molecular complexity index is 1130. The zero-order valence-corrected chi connectivity index (χ0v) is 17.3. The fourth-order valence-electron chi connectivity index (χ4n) is 4.45. The summed E-state index contributed by atoms with van der Waals surface area (Å²) in [6.45, 7) is 0. The molecule has 156 valence electrons. The van der Waals surface area contributed by atoms with Crippen LogP contribution in [0.4, 0.5) is 5.69 Å². The Hall–Kier alpha value is -3.28. The number of hydrogen-bond acceptors (Lipinski definition) is 4. The van der Waals surface area contributed by atoms with E-state index >= 15 is 0 Å². The Kier molecular flexibility index (Phi) is 5.48. The van der Waals surface area contributed by atoms with Gasteiger partial charge in [-0.05, 0) is 37.1 Å². The normalized spacial score (nSPS) is 14.6. The molecule has 0 aliphatic heterocycles. The minimum atomic E-state index is -0.519. The number of ether oxygens (including phenoxy) is 1. The van der Waals surface area contributed by atoms with Crippen LogP contribution >= 0.6 is 0 Å². The molecular formula is C24H26N2O4. The number of nitrogens with zero attached hydrogens (tertiary/aromatic N) is 2. The number of hydrogen-bond donors (Lipinski definition) is 1. The third kappa shape index (κ3) is 3.32. The van der Waals surface area contributed by atoms with Crippen molar-refractivity contribution in [2.75, 3.05) is 12.0 Å². The summed E-state index contributed by atoms with van der Waals surface area (Å²) in [6, 6.07) is 14.6. The molecule has 1 aromatic heterocycles. The van der Waals surface area contributed by atoms with E-state index in [9.17, 15) is 14.7 Å². The average molecular weight is 406 g/mol. The number of aromatic hydroxyl groups is 1. The van der Waals surface area contributed by atoms with Crippen molar-refractivity contribution in [3.05, 3.63) is 64.4 Å². The Morgan fingerprint density at radius 3 is 2.43 bits per heavy atom. The fourth-order valence-corrected chi connectivity index (χ4v) is 4.45. The number of methoxy groups -OCH3 is 1. The number of carbonyl (C=O) groups excluding carboxylic acids is 1. The number of pyridine rings is 1. The quantitative estimate of drug-likeness (QED) is 0.704. The molecule has 6 heteroatoms. The molecule has 1 aliphatic rings. The molecule has 1 amide bonds. The Morgan fingerprint density at radius 1 is 1.07 bits per heavy atom. The number of aryl methyl sites for hydroxylation is 1. The van der Waals surface area contributed by atoms with Gasteiger partial charge in [-0.15, -0.1) is 0 Å². The summed E-state index contributed by atoms with van der Waals surface area (Å²) in [5.74, 6) is -0.384. The van der Waals surface area contributed by atoms with E-state index < -0.39 is 11.5 Å². The maximum Gasteiger partial charge on any atom is 0.267 e. The van der Waals surface area contributed by atoms with Crippen LogP contribution < -0.4 is 15.2 Å². The first-order valence-corrected chi connectivity index (χ1v) is 10.3. The van der Waals surface area contributed by atoms with Crippen LogP contribution in [0.1, 0.15) is 42.5 Å². The Morgan fingerprint density at radius 2 is 1.77 bits per heavy atom. The highest BCUT2D eigenvalue weighted by Gasteiger charge is 2.32. The van der Waals surface area contributed by atoms with Crippen molar-refractivity contribution in [2.45, 2.75) is 38.1 Å². The van der Waals surface area contributed by atoms with Gasteiger partial charge in [0, 0.05) is 18.8 Å². The predicted molar refractivity (Wildman–Crippen MR) is 118 cm³/mol. The van der Waals surface area contributed by atoms with Crippen molar-refractivity contribution in [1.82, 2.24) is 4.57 Å². The van der Waals surface area contributed by atoms with Gasteiger partial charge in [0.05, 0.1) is 18.0 Å². The molecule has 30 heavy (non-hydrogen) atoms. The molecule has 0 atom stereocenters. The minimum Gasteiger partial charge on any atom is -0.506 e. The molecule has 0 radical (unpaired) electrons. The lowest BCUT2D eigenvalue weighted by molar-refractivity contribution is 0.0966. The molecule has 0 saturated heterocycles. The summed E-state index contributed by atoms with van der Waals surface area (Å²) in [5.41, 5.74) is 0.507. The summed E-state index contributed by atoms with van der Waals surface area (Å²) in [7, 11) is 3.10. The van der Waals surface area contributed by atoms with Crippen molar-refractivity contribution in [3.63, 3.8) is 0 Å². The van der Waals surface area contributed by atoms with Crippen molar-refractivity contribution < 1.29 is 14.6 Å². The van der Waals surface area contributed by atoms with E-state index in [0.717, 1.165) is 37.8 Å². The number of benzene rings is 2. The molecule has 6 nitrogen and oxygen atoms in total. The predicted octanol–water partition coefficient (Wildman–Crippen LogP) is 4.23. The Balaban J connectivity index is 1.93. The molecule has 3 aromatic rings. The van der Waals surface area contributed by atoms with Gasteiger partial charge in [-0.2, -0.15) is 0 Å². The van der Waals surface area contributed by atoms with Gasteiger partial charge in [-0.3, -0.25) is 9.59 Å². The first kappa shape index (κ1) is 20.0.